The van der Waals surface area contributed by atoms with E-state index in [2.05, 4.69) is 10.2 Å². The monoisotopic (exact) mass is 478 g/mol. The summed E-state index contributed by atoms with van der Waals surface area (Å²) in [6.45, 7) is 3.31. The van der Waals surface area contributed by atoms with Gasteiger partial charge in [-0.05, 0) is 24.3 Å². The van der Waals surface area contributed by atoms with Gasteiger partial charge in [0, 0.05) is 19.2 Å². The van der Waals surface area contributed by atoms with Crippen molar-refractivity contribution >= 4 is 28.8 Å². The number of pyridine rings is 1. The number of amides is 1. The van der Waals surface area contributed by atoms with Gasteiger partial charge in [0.05, 0.1) is 23.7 Å². The Hall–Kier alpha value is -2.56. The Labute approximate surface area is 191 Å². The topological polar surface area (TPSA) is 97.5 Å². The van der Waals surface area contributed by atoms with Gasteiger partial charge in [-0.2, -0.15) is 0 Å². The number of rotatable bonds is 3. The summed E-state index contributed by atoms with van der Waals surface area (Å²) >= 11 is 7.03. The fourth-order valence-electron chi connectivity index (χ4n) is 4.23. The summed E-state index contributed by atoms with van der Waals surface area (Å²) in [5.41, 5.74) is -0.0601. The Bertz CT molecular complexity index is 1240. The van der Waals surface area contributed by atoms with Gasteiger partial charge in [0.25, 0.3) is 5.91 Å². The second kappa shape index (κ2) is 8.09. The minimum absolute atomic E-state index is 0.0479. The molecule has 1 fully saturated rings. The standard InChI is InChI=1S/C21H20ClFN4O4S/c1-10-6-27-15(31-9-10)8-26-7-12(18(28)19(29)17(26)21(27)30)20-25-24-14(32-20)5-11-3-2-4-13(22)16(11)23/h4,7,10,15,29H,2-3,5-6,8-9H2,1H3/t10-,15?/m0/s1. The highest BCUT2D eigenvalue weighted by Crippen LogP contribution is 2.34. The summed E-state index contributed by atoms with van der Waals surface area (Å²) in [6.07, 6.45) is 4.14. The molecule has 32 heavy (non-hydrogen) atoms. The first-order valence-corrected chi connectivity index (χ1v) is 11.5. The van der Waals surface area contributed by atoms with Crippen molar-refractivity contribution in [2.24, 2.45) is 5.92 Å². The van der Waals surface area contributed by atoms with Crippen molar-refractivity contribution in [3.05, 3.63) is 49.6 Å². The van der Waals surface area contributed by atoms with Crippen LogP contribution in [0.15, 0.2) is 33.5 Å². The first-order chi connectivity index (χ1) is 15.3. The maximum Gasteiger partial charge on any atom is 0.276 e. The van der Waals surface area contributed by atoms with Crippen molar-refractivity contribution in [2.75, 3.05) is 13.2 Å². The molecule has 11 heteroatoms. The fraction of sp³-hybridized carbons (Fsp3) is 0.429. The van der Waals surface area contributed by atoms with Gasteiger partial charge < -0.3 is 19.3 Å². The van der Waals surface area contributed by atoms with Crippen LogP contribution in [0.25, 0.3) is 10.6 Å². The van der Waals surface area contributed by atoms with E-state index in [1.165, 1.54) is 6.20 Å². The van der Waals surface area contributed by atoms with Crippen molar-refractivity contribution in [3.8, 4) is 16.3 Å². The van der Waals surface area contributed by atoms with Crippen LogP contribution in [0.1, 0.15) is 35.3 Å². The number of halogens is 2. The molecule has 2 aromatic heterocycles. The van der Waals surface area contributed by atoms with Crippen LogP contribution in [0.4, 0.5) is 4.39 Å². The largest absolute Gasteiger partial charge is 0.503 e. The SMILES string of the molecule is C[C@@H]1COC2Cn3cc(-c4nnc(CC5=C(F)C(Cl)=CCC5)s4)c(=O)c(O)c3C(=O)N2C1. The molecule has 2 atom stereocenters. The number of hydrogen-bond donors (Lipinski definition) is 1. The molecule has 5 rings (SSSR count). The number of fused-ring (bicyclic) bond motifs is 2. The molecule has 0 bridgehead atoms. The quantitative estimate of drug-likeness (QED) is 0.727. The molecule has 1 aliphatic carbocycles. The van der Waals surface area contributed by atoms with Crippen LogP contribution in [0.2, 0.25) is 0 Å². The maximum absolute atomic E-state index is 14.3. The first kappa shape index (κ1) is 21.3. The van der Waals surface area contributed by atoms with Crippen molar-refractivity contribution in [1.82, 2.24) is 19.7 Å². The van der Waals surface area contributed by atoms with Gasteiger partial charge in [-0.15, -0.1) is 10.2 Å². The van der Waals surface area contributed by atoms with E-state index < -0.39 is 29.1 Å². The van der Waals surface area contributed by atoms with E-state index >= 15 is 0 Å². The predicted molar refractivity (Wildman–Crippen MR) is 116 cm³/mol. The second-order valence-electron chi connectivity index (χ2n) is 8.26. The highest BCUT2D eigenvalue weighted by molar-refractivity contribution is 7.14. The average molecular weight is 479 g/mol. The smallest absolute Gasteiger partial charge is 0.276 e. The fourth-order valence-corrected chi connectivity index (χ4v) is 5.37. The van der Waals surface area contributed by atoms with Gasteiger partial charge in [-0.3, -0.25) is 9.59 Å². The number of hydrogen-bond acceptors (Lipinski definition) is 7. The predicted octanol–water partition coefficient (Wildman–Crippen LogP) is 3.20. The Morgan fingerprint density at radius 1 is 1.34 bits per heavy atom. The number of allylic oxidation sites excluding steroid dienone is 4. The number of nitrogens with zero attached hydrogens (tertiary/aromatic N) is 4. The lowest BCUT2D eigenvalue weighted by atomic mass is 10.0. The van der Waals surface area contributed by atoms with Crippen LogP contribution in [-0.2, 0) is 17.7 Å². The molecular weight excluding hydrogens is 459 g/mol. The Balaban J connectivity index is 1.48. The van der Waals surface area contributed by atoms with Gasteiger partial charge >= 0.3 is 0 Å². The molecule has 8 nitrogen and oxygen atoms in total. The number of aromatic nitrogens is 3. The zero-order chi connectivity index (χ0) is 22.6. The number of ether oxygens (including phenoxy) is 1. The molecule has 3 aliphatic rings. The summed E-state index contributed by atoms with van der Waals surface area (Å²) in [5, 5.41) is 19.7. The third-order valence-electron chi connectivity index (χ3n) is 5.85. The summed E-state index contributed by atoms with van der Waals surface area (Å²) in [5.74, 6) is -1.31. The minimum atomic E-state index is -0.689. The third-order valence-corrected chi connectivity index (χ3v) is 7.13. The zero-order valence-electron chi connectivity index (χ0n) is 17.2. The maximum atomic E-state index is 14.3. The molecule has 0 spiro atoms. The molecule has 1 unspecified atom stereocenters. The van der Waals surface area contributed by atoms with Crippen LogP contribution in [0.5, 0.6) is 5.75 Å². The van der Waals surface area contributed by atoms with E-state index in [4.69, 9.17) is 16.3 Å². The molecule has 2 aromatic rings. The van der Waals surface area contributed by atoms with Crippen LogP contribution in [0.3, 0.4) is 0 Å². The van der Waals surface area contributed by atoms with Gasteiger partial charge in [-0.25, -0.2) is 4.39 Å². The number of carbonyl (C=O) groups is 1. The molecule has 0 aromatic carbocycles. The van der Waals surface area contributed by atoms with Crippen molar-refractivity contribution in [2.45, 2.75) is 39.0 Å². The Morgan fingerprint density at radius 2 is 2.16 bits per heavy atom. The summed E-state index contributed by atoms with van der Waals surface area (Å²) < 4.78 is 21.6. The zero-order valence-corrected chi connectivity index (χ0v) is 18.7. The highest BCUT2D eigenvalue weighted by Gasteiger charge is 2.39. The van der Waals surface area contributed by atoms with Gasteiger partial charge in [0.15, 0.2) is 22.7 Å². The number of aromatic hydroxyl groups is 1. The molecule has 4 heterocycles. The first-order valence-electron chi connectivity index (χ1n) is 10.3. The molecule has 168 valence electrons. The molecule has 2 aliphatic heterocycles. The highest BCUT2D eigenvalue weighted by atomic mass is 35.5. The minimum Gasteiger partial charge on any atom is -0.503 e. The van der Waals surface area contributed by atoms with Crippen molar-refractivity contribution in [1.29, 1.82) is 0 Å². The average Bonchev–Trinajstić information content (AvgIpc) is 3.23. The van der Waals surface area contributed by atoms with E-state index in [1.807, 2.05) is 6.92 Å². The van der Waals surface area contributed by atoms with Crippen LogP contribution in [0, 0.1) is 5.92 Å². The van der Waals surface area contributed by atoms with E-state index in [0.717, 1.165) is 11.3 Å². The number of carbonyl (C=O) groups excluding carboxylic acids is 1. The van der Waals surface area contributed by atoms with Crippen LogP contribution >= 0.6 is 22.9 Å². The lowest BCUT2D eigenvalue weighted by molar-refractivity contribution is -0.111. The van der Waals surface area contributed by atoms with Gasteiger partial charge in [-0.1, -0.05) is 35.9 Å². The Morgan fingerprint density at radius 3 is 2.97 bits per heavy atom. The van der Waals surface area contributed by atoms with Gasteiger partial charge in [0.2, 0.25) is 5.43 Å². The molecule has 0 saturated carbocycles. The van der Waals surface area contributed by atoms with Crippen molar-refractivity contribution < 1.29 is 19.0 Å². The van der Waals surface area contributed by atoms with E-state index in [1.54, 1.807) is 15.5 Å². The lowest BCUT2D eigenvalue weighted by Gasteiger charge is -2.42. The van der Waals surface area contributed by atoms with Gasteiger partial charge in [0.1, 0.15) is 10.8 Å². The Kier molecular flexibility index (Phi) is 5.39. The van der Waals surface area contributed by atoms with Crippen LogP contribution < -0.4 is 5.43 Å². The van der Waals surface area contributed by atoms with E-state index in [-0.39, 0.29) is 28.6 Å². The van der Waals surface area contributed by atoms with Crippen LogP contribution in [-0.4, -0.2) is 50.1 Å². The molecule has 1 amide bonds. The summed E-state index contributed by atoms with van der Waals surface area (Å²) in [4.78, 5) is 27.4. The van der Waals surface area contributed by atoms with E-state index in [0.29, 0.717) is 48.1 Å². The molecule has 1 N–H and O–H groups in total. The van der Waals surface area contributed by atoms with E-state index in [9.17, 15) is 19.1 Å². The molecular formula is C21H20ClFN4O4S. The third kappa shape index (κ3) is 3.56. The van der Waals surface area contributed by atoms with Crippen molar-refractivity contribution in [3.63, 3.8) is 0 Å². The normalized spacial score (nSPS) is 23.2. The molecule has 1 saturated heterocycles. The lowest BCUT2D eigenvalue weighted by Crippen LogP contribution is -2.55. The second-order valence-corrected chi connectivity index (χ2v) is 9.73. The summed E-state index contributed by atoms with van der Waals surface area (Å²) in [6, 6.07) is 0. The summed E-state index contributed by atoms with van der Waals surface area (Å²) in [7, 11) is 0. The molecule has 0 radical (unpaired) electrons.